The third-order valence-corrected chi connectivity index (χ3v) is 1.72. The Morgan fingerprint density at radius 1 is 1.29 bits per heavy atom. The second-order valence-corrected chi connectivity index (χ2v) is 2.98. The highest BCUT2D eigenvalue weighted by atomic mass is 35.5. The average molecular weight is 211 g/mol. The molecule has 0 aliphatic carbocycles. The maximum atomic E-state index is 11.3. The van der Waals surface area contributed by atoms with Crippen LogP contribution in [0.25, 0.3) is 0 Å². The lowest BCUT2D eigenvalue weighted by Crippen LogP contribution is -1.96. The van der Waals surface area contributed by atoms with E-state index in [0.717, 1.165) is 12.2 Å². The van der Waals surface area contributed by atoms with Gasteiger partial charge in [-0.2, -0.15) is 0 Å². The van der Waals surface area contributed by atoms with Crippen LogP contribution in [-0.4, -0.2) is 16.9 Å². The van der Waals surface area contributed by atoms with Crippen molar-refractivity contribution in [2.24, 2.45) is 0 Å². The number of rotatable bonds is 3. The highest BCUT2D eigenvalue weighted by molar-refractivity contribution is 6.31. The summed E-state index contributed by atoms with van der Waals surface area (Å²) in [6.45, 7) is 0. The number of ketones is 1. The Hall–Kier alpha value is -1.61. The topological polar surface area (TPSA) is 54.4 Å². The van der Waals surface area contributed by atoms with Gasteiger partial charge in [0, 0.05) is 16.7 Å². The van der Waals surface area contributed by atoms with Crippen LogP contribution in [0.5, 0.6) is 0 Å². The van der Waals surface area contributed by atoms with Gasteiger partial charge >= 0.3 is 5.97 Å². The van der Waals surface area contributed by atoms with Crippen molar-refractivity contribution in [3.8, 4) is 0 Å². The van der Waals surface area contributed by atoms with Gasteiger partial charge in [0.15, 0.2) is 5.78 Å². The van der Waals surface area contributed by atoms with Gasteiger partial charge in [-0.05, 0) is 18.2 Å². The van der Waals surface area contributed by atoms with Gasteiger partial charge in [0.25, 0.3) is 0 Å². The van der Waals surface area contributed by atoms with Gasteiger partial charge in [-0.1, -0.05) is 23.7 Å². The molecule has 0 heterocycles. The standard InChI is InChI=1S/C10H7ClO3/c11-8-3-1-2-7(6-8)9(12)4-5-10(13)14/h1-6H,(H,13,14)/b5-4+. The van der Waals surface area contributed by atoms with Crippen LogP contribution < -0.4 is 0 Å². The van der Waals surface area contributed by atoms with Gasteiger partial charge in [-0.15, -0.1) is 0 Å². The Kier molecular flexibility index (Phi) is 3.42. The lowest BCUT2D eigenvalue weighted by molar-refractivity contribution is -0.131. The minimum Gasteiger partial charge on any atom is -0.478 e. The molecule has 0 radical (unpaired) electrons. The number of carboxylic acid groups (broad SMARTS) is 1. The van der Waals surface area contributed by atoms with Crippen LogP contribution in [-0.2, 0) is 4.79 Å². The molecule has 0 aliphatic heterocycles. The molecule has 1 N–H and O–H groups in total. The predicted octanol–water partition coefficient (Wildman–Crippen LogP) is 2.16. The first-order valence-electron chi connectivity index (χ1n) is 3.80. The number of halogens is 1. The van der Waals surface area contributed by atoms with E-state index in [1.165, 1.54) is 6.07 Å². The second-order valence-electron chi connectivity index (χ2n) is 2.55. The largest absolute Gasteiger partial charge is 0.478 e. The van der Waals surface area contributed by atoms with E-state index in [1.54, 1.807) is 18.2 Å². The SMILES string of the molecule is O=C(O)/C=C/C(=O)c1cccc(Cl)c1. The molecule has 0 bridgehead atoms. The highest BCUT2D eigenvalue weighted by Gasteiger charge is 2.02. The van der Waals surface area contributed by atoms with Crippen LogP contribution in [0, 0.1) is 0 Å². The average Bonchev–Trinajstić information content (AvgIpc) is 2.14. The number of benzene rings is 1. The van der Waals surface area contributed by atoms with E-state index >= 15 is 0 Å². The molecule has 1 aromatic carbocycles. The number of carbonyl (C=O) groups excluding carboxylic acids is 1. The first-order valence-corrected chi connectivity index (χ1v) is 4.18. The number of hydrogen-bond donors (Lipinski definition) is 1. The Labute approximate surface area is 85.6 Å². The zero-order chi connectivity index (χ0) is 10.6. The van der Waals surface area contributed by atoms with Crippen LogP contribution in [0.4, 0.5) is 0 Å². The van der Waals surface area contributed by atoms with Crippen molar-refractivity contribution in [2.75, 3.05) is 0 Å². The van der Waals surface area contributed by atoms with Crippen molar-refractivity contribution in [2.45, 2.75) is 0 Å². The van der Waals surface area contributed by atoms with Crippen LogP contribution in [0.3, 0.4) is 0 Å². The molecule has 0 unspecified atom stereocenters. The molecule has 3 nitrogen and oxygen atoms in total. The summed E-state index contributed by atoms with van der Waals surface area (Å²) in [4.78, 5) is 21.4. The molecule has 0 aliphatic rings. The molecule has 0 atom stereocenters. The van der Waals surface area contributed by atoms with Crippen LogP contribution >= 0.6 is 11.6 Å². The lowest BCUT2D eigenvalue weighted by Gasteiger charge is -1.95. The van der Waals surface area contributed by atoms with Crippen LogP contribution in [0.1, 0.15) is 10.4 Å². The van der Waals surface area contributed by atoms with E-state index in [9.17, 15) is 9.59 Å². The highest BCUT2D eigenvalue weighted by Crippen LogP contribution is 2.11. The Balaban J connectivity index is 2.85. The molecule has 0 saturated heterocycles. The summed E-state index contributed by atoms with van der Waals surface area (Å²) in [5, 5.41) is 8.74. The van der Waals surface area contributed by atoms with Gasteiger partial charge in [0.05, 0.1) is 0 Å². The monoisotopic (exact) mass is 210 g/mol. The molecular weight excluding hydrogens is 204 g/mol. The Morgan fingerprint density at radius 2 is 2.00 bits per heavy atom. The minimum atomic E-state index is -1.15. The molecule has 0 spiro atoms. The molecule has 0 aromatic heterocycles. The van der Waals surface area contributed by atoms with Crippen molar-refractivity contribution >= 4 is 23.4 Å². The fourth-order valence-corrected chi connectivity index (χ4v) is 1.08. The zero-order valence-electron chi connectivity index (χ0n) is 7.11. The summed E-state index contributed by atoms with van der Waals surface area (Å²) in [5.74, 6) is -1.53. The molecule has 0 fully saturated rings. The first-order chi connectivity index (χ1) is 6.59. The van der Waals surface area contributed by atoms with Crippen molar-refractivity contribution in [3.05, 3.63) is 47.0 Å². The summed E-state index contributed by atoms with van der Waals surface area (Å²) in [5.41, 5.74) is 0.370. The summed E-state index contributed by atoms with van der Waals surface area (Å²) < 4.78 is 0. The van der Waals surface area contributed by atoms with E-state index in [4.69, 9.17) is 16.7 Å². The number of aliphatic carboxylic acids is 1. The maximum absolute atomic E-state index is 11.3. The van der Waals surface area contributed by atoms with Crippen LogP contribution in [0.2, 0.25) is 5.02 Å². The number of hydrogen-bond acceptors (Lipinski definition) is 2. The maximum Gasteiger partial charge on any atom is 0.328 e. The van der Waals surface area contributed by atoms with Crippen molar-refractivity contribution in [1.82, 2.24) is 0 Å². The molecule has 1 rings (SSSR count). The number of carbonyl (C=O) groups is 2. The van der Waals surface area contributed by atoms with Crippen molar-refractivity contribution in [3.63, 3.8) is 0 Å². The first kappa shape index (κ1) is 10.5. The van der Waals surface area contributed by atoms with Crippen LogP contribution in [0.15, 0.2) is 36.4 Å². The second kappa shape index (κ2) is 4.58. The third-order valence-electron chi connectivity index (χ3n) is 1.49. The van der Waals surface area contributed by atoms with Gasteiger partial charge < -0.3 is 5.11 Å². The summed E-state index contributed by atoms with van der Waals surface area (Å²) in [6, 6.07) is 6.32. The Morgan fingerprint density at radius 3 is 2.57 bits per heavy atom. The van der Waals surface area contributed by atoms with Gasteiger partial charge in [-0.25, -0.2) is 4.79 Å². The quantitative estimate of drug-likeness (QED) is 0.615. The van der Waals surface area contributed by atoms with E-state index in [1.807, 2.05) is 0 Å². The summed E-state index contributed by atoms with van der Waals surface area (Å²) in [7, 11) is 0. The van der Waals surface area contributed by atoms with Crippen molar-refractivity contribution in [1.29, 1.82) is 0 Å². The summed E-state index contributed by atoms with van der Waals surface area (Å²) in [6.07, 6.45) is 1.79. The summed E-state index contributed by atoms with van der Waals surface area (Å²) >= 11 is 5.66. The van der Waals surface area contributed by atoms with Gasteiger partial charge in [0.1, 0.15) is 0 Å². The number of carboxylic acids is 1. The fourth-order valence-electron chi connectivity index (χ4n) is 0.885. The van der Waals surface area contributed by atoms with Gasteiger partial charge in [0.2, 0.25) is 0 Å². The fraction of sp³-hybridized carbons (Fsp3) is 0. The molecule has 0 amide bonds. The van der Waals surface area contributed by atoms with E-state index in [0.29, 0.717) is 10.6 Å². The van der Waals surface area contributed by atoms with Crippen molar-refractivity contribution < 1.29 is 14.7 Å². The molecule has 1 aromatic rings. The minimum absolute atomic E-state index is 0.370. The third kappa shape index (κ3) is 3.03. The molecular formula is C10H7ClO3. The van der Waals surface area contributed by atoms with E-state index in [-0.39, 0.29) is 5.78 Å². The molecule has 72 valence electrons. The molecule has 0 saturated carbocycles. The molecule has 4 heteroatoms. The number of allylic oxidation sites excluding steroid dienone is 1. The predicted molar refractivity (Wildman–Crippen MR) is 52.6 cm³/mol. The zero-order valence-corrected chi connectivity index (χ0v) is 7.86. The van der Waals surface area contributed by atoms with E-state index in [2.05, 4.69) is 0 Å². The lowest BCUT2D eigenvalue weighted by atomic mass is 10.1. The van der Waals surface area contributed by atoms with Gasteiger partial charge in [-0.3, -0.25) is 4.79 Å². The normalized spacial score (nSPS) is 10.4. The smallest absolute Gasteiger partial charge is 0.328 e. The Bertz CT molecular complexity index is 396. The van der Waals surface area contributed by atoms with E-state index < -0.39 is 5.97 Å². The molecule has 14 heavy (non-hydrogen) atoms.